The zero-order valence-electron chi connectivity index (χ0n) is 13.6. The first-order valence-corrected chi connectivity index (χ1v) is 8.88. The molecule has 0 aliphatic heterocycles. The number of carbonyl (C=O) groups is 1. The van der Waals surface area contributed by atoms with E-state index in [4.69, 9.17) is 9.47 Å². The van der Waals surface area contributed by atoms with Gasteiger partial charge in [-0.05, 0) is 38.0 Å². The summed E-state index contributed by atoms with van der Waals surface area (Å²) in [6, 6.07) is 5.94. The molecule has 124 valence electrons. The molecule has 1 aromatic carbocycles. The molecule has 0 spiro atoms. The van der Waals surface area contributed by atoms with E-state index in [1.165, 1.54) is 11.3 Å². The predicted octanol–water partition coefficient (Wildman–Crippen LogP) is 2.98. The normalized spacial score (nSPS) is 15.8. The number of thiazole rings is 1. The standard InChI is InChI=1S/C17H22N2O3S/c1-3-22-10-9-19-14-8-7-13(21-2)11-15(14)23-17(19)18-16(20)12-5-4-6-12/h7-8,11-12H,3-6,9-10H2,1-2H3. The van der Waals surface area contributed by atoms with E-state index in [2.05, 4.69) is 9.56 Å². The van der Waals surface area contributed by atoms with E-state index in [1.807, 2.05) is 25.1 Å². The third-order valence-electron chi connectivity index (χ3n) is 4.21. The average Bonchev–Trinajstić information content (AvgIpc) is 2.82. The van der Waals surface area contributed by atoms with Gasteiger partial charge in [-0.1, -0.05) is 17.8 Å². The highest BCUT2D eigenvalue weighted by molar-refractivity contribution is 7.16. The molecular formula is C17H22N2O3S. The lowest BCUT2D eigenvalue weighted by atomic mass is 9.85. The Morgan fingerprint density at radius 1 is 1.43 bits per heavy atom. The van der Waals surface area contributed by atoms with Crippen LogP contribution in [-0.4, -0.2) is 30.8 Å². The minimum absolute atomic E-state index is 0.0138. The van der Waals surface area contributed by atoms with Crippen molar-refractivity contribution < 1.29 is 14.3 Å². The molecule has 1 aromatic heterocycles. The van der Waals surface area contributed by atoms with Crippen molar-refractivity contribution in [2.45, 2.75) is 32.7 Å². The maximum Gasteiger partial charge on any atom is 0.251 e. The van der Waals surface area contributed by atoms with Crippen LogP contribution >= 0.6 is 11.3 Å². The summed E-state index contributed by atoms with van der Waals surface area (Å²) < 4.78 is 13.9. The number of aromatic nitrogens is 1. The van der Waals surface area contributed by atoms with Crippen molar-refractivity contribution >= 4 is 27.5 Å². The van der Waals surface area contributed by atoms with Crippen molar-refractivity contribution in [2.24, 2.45) is 10.9 Å². The molecule has 1 saturated carbocycles. The fourth-order valence-electron chi connectivity index (χ4n) is 2.62. The van der Waals surface area contributed by atoms with Crippen molar-refractivity contribution in [1.82, 2.24) is 4.57 Å². The van der Waals surface area contributed by atoms with Gasteiger partial charge in [0.05, 0.1) is 23.9 Å². The molecule has 3 rings (SSSR count). The molecule has 1 heterocycles. The number of rotatable bonds is 6. The fraction of sp³-hybridized carbons (Fsp3) is 0.529. The van der Waals surface area contributed by atoms with E-state index in [0.717, 1.165) is 40.0 Å². The van der Waals surface area contributed by atoms with E-state index in [1.54, 1.807) is 7.11 Å². The van der Waals surface area contributed by atoms with Crippen LogP contribution in [0.5, 0.6) is 5.75 Å². The van der Waals surface area contributed by atoms with Gasteiger partial charge >= 0.3 is 0 Å². The third kappa shape index (κ3) is 3.48. The Bertz CT molecular complexity index is 759. The molecule has 0 saturated heterocycles. The summed E-state index contributed by atoms with van der Waals surface area (Å²) in [6.45, 7) is 3.96. The van der Waals surface area contributed by atoms with Crippen LogP contribution in [0.25, 0.3) is 10.2 Å². The molecule has 0 bridgehead atoms. The lowest BCUT2D eigenvalue weighted by Gasteiger charge is -2.20. The Balaban J connectivity index is 2.00. The van der Waals surface area contributed by atoms with Gasteiger partial charge in [0.2, 0.25) is 0 Å². The monoisotopic (exact) mass is 334 g/mol. The molecule has 1 amide bonds. The van der Waals surface area contributed by atoms with Gasteiger partial charge < -0.3 is 14.0 Å². The first kappa shape index (κ1) is 16.2. The first-order chi connectivity index (χ1) is 11.2. The maximum absolute atomic E-state index is 12.2. The van der Waals surface area contributed by atoms with Gasteiger partial charge in [0.25, 0.3) is 5.91 Å². The second kappa shape index (κ2) is 7.27. The second-order valence-corrected chi connectivity index (χ2v) is 6.65. The molecule has 6 heteroatoms. The predicted molar refractivity (Wildman–Crippen MR) is 90.8 cm³/mol. The highest BCUT2D eigenvalue weighted by atomic mass is 32.1. The highest BCUT2D eigenvalue weighted by Gasteiger charge is 2.25. The van der Waals surface area contributed by atoms with Gasteiger partial charge in [-0.2, -0.15) is 4.99 Å². The van der Waals surface area contributed by atoms with E-state index in [9.17, 15) is 4.79 Å². The quantitative estimate of drug-likeness (QED) is 0.763. The Morgan fingerprint density at radius 3 is 2.91 bits per heavy atom. The largest absolute Gasteiger partial charge is 0.497 e. The zero-order valence-corrected chi connectivity index (χ0v) is 14.4. The number of hydrogen-bond donors (Lipinski definition) is 0. The summed E-state index contributed by atoms with van der Waals surface area (Å²) in [5, 5.41) is 0. The van der Waals surface area contributed by atoms with E-state index >= 15 is 0 Å². The Kier molecular flexibility index (Phi) is 5.13. The molecule has 23 heavy (non-hydrogen) atoms. The number of benzene rings is 1. The summed E-state index contributed by atoms with van der Waals surface area (Å²) in [4.78, 5) is 17.4. The molecular weight excluding hydrogens is 312 g/mol. The molecule has 2 aromatic rings. The van der Waals surface area contributed by atoms with Crippen LogP contribution in [0.4, 0.5) is 0 Å². The molecule has 1 aliphatic carbocycles. The highest BCUT2D eigenvalue weighted by Crippen LogP contribution is 2.28. The van der Waals surface area contributed by atoms with Gasteiger partial charge in [0.15, 0.2) is 4.80 Å². The number of carbonyl (C=O) groups excluding carboxylic acids is 1. The van der Waals surface area contributed by atoms with Gasteiger partial charge in [0.1, 0.15) is 5.75 Å². The average molecular weight is 334 g/mol. The molecule has 1 fully saturated rings. The first-order valence-electron chi connectivity index (χ1n) is 8.06. The van der Waals surface area contributed by atoms with Crippen LogP contribution in [0.2, 0.25) is 0 Å². The number of hydrogen-bond acceptors (Lipinski definition) is 4. The smallest absolute Gasteiger partial charge is 0.251 e. The number of nitrogens with zero attached hydrogens (tertiary/aromatic N) is 2. The summed E-state index contributed by atoms with van der Waals surface area (Å²) in [5.74, 6) is 0.947. The Morgan fingerprint density at radius 2 is 2.26 bits per heavy atom. The molecule has 5 nitrogen and oxygen atoms in total. The van der Waals surface area contributed by atoms with Crippen LogP contribution in [0.15, 0.2) is 23.2 Å². The van der Waals surface area contributed by atoms with Gasteiger partial charge in [0, 0.05) is 19.1 Å². The summed E-state index contributed by atoms with van der Waals surface area (Å²) in [7, 11) is 1.66. The maximum atomic E-state index is 12.2. The van der Waals surface area contributed by atoms with Crippen LogP contribution in [-0.2, 0) is 16.1 Å². The Labute approximate surface area is 139 Å². The van der Waals surface area contributed by atoms with Crippen LogP contribution < -0.4 is 9.54 Å². The van der Waals surface area contributed by atoms with Crippen molar-refractivity contribution in [3.8, 4) is 5.75 Å². The molecule has 0 N–H and O–H groups in total. The van der Waals surface area contributed by atoms with Crippen LogP contribution in [0, 0.1) is 5.92 Å². The molecule has 0 radical (unpaired) electrons. The lowest BCUT2D eigenvalue weighted by Crippen LogP contribution is -2.25. The minimum Gasteiger partial charge on any atom is -0.497 e. The lowest BCUT2D eigenvalue weighted by molar-refractivity contribution is -0.124. The van der Waals surface area contributed by atoms with Gasteiger partial charge in [-0.3, -0.25) is 4.79 Å². The van der Waals surface area contributed by atoms with E-state index in [-0.39, 0.29) is 11.8 Å². The summed E-state index contributed by atoms with van der Waals surface area (Å²) in [6.07, 6.45) is 3.08. The number of ether oxygens (including phenoxy) is 2. The van der Waals surface area contributed by atoms with E-state index in [0.29, 0.717) is 19.8 Å². The summed E-state index contributed by atoms with van der Waals surface area (Å²) >= 11 is 1.53. The van der Waals surface area contributed by atoms with Gasteiger partial charge in [-0.25, -0.2) is 0 Å². The molecule has 0 unspecified atom stereocenters. The van der Waals surface area contributed by atoms with Crippen molar-refractivity contribution in [2.75, 3.05) is 20.3 Å². The zero-order chi connectivity index (χ0) is 16.2. The molecule has 0 atom stereocenters. The van der Waals surface area contributed by atoms with Crippen molar-refractivity contribution in [3.63, 3.8) is 0 Å². The number of fused-ring (bicyclic) bond motifs is 1. The SMILES string of the molecule is CCOCCn1c(=NC(=O)C2CCC2)sc2cc(OC)ccc21. The van der Waals surface area contributed by atoms with Crippen LogP contribution in [0.1, 0.15) is 26.2 Å². The Hall–Kier alpha value is -1.66. The summed E-state index contributed by atoms with van der Waals surface area (Å²) in [5.41, 5.74) is 1.07. The van der Waals surface area contributed by atoms with Crippen molar-refractivity contribution in [3.05, 3.63) is 23.0 Å². The van der Waals surface area contributed by atoms with Crippen molar-refractivity contribution in [1.29, 1.82) is 0 Å². The number of methoxy groups -OCH3 is 1. The number of amides is 1. The van der Waals surface area contributed by atoms with E-state index < -0.39 is 0 Å². The third-order valence-corrected chi connectivity index (χ3v) is 5.25. The topological polar surface area (TPSA) is 52.8 Å². The fourth-order valence-corrected chi connectivity index (χ4v) is 3.71. The second-order valence-electron chi connectivity index (χ2n) is 5.64. The van der Waals surface area contributed by atoms with Gasteiger partial charge in [-0.15, -0.1) is 0 Å². The minimum atomic E-state index is 0.0138. The van der Waals surface area contributed by atoms with Crippen LogP contribution in [0.3, 0.4) is 0 Å². The molecule has 1 aliphatic rings.